The fourth-order valence-electron chi connectivity index (χ4n) is 2.50. The quantitative estimate of drug-likeness (QED) is 0.666. The second-order valence-electron chi connectivity index (χ2n) is 4.70. The molecule has 0 saturated heterocycles. The zero-order chi connectivity index (χ0) is 14.2. The lowest BCUT2D eigenvalue weighted by Gasteiger charge is -2.36. The van der Waals surface area contributed by atoms with Gasteiger partial charge in [-0.3, -0.25) is 0 Å². The van der Waals surface area contributed by atoms with E-state index in [4.69, 9.17) is 0 Å². The molecular weight excluding hydrogens is 264 g/mol. The lowest BCUT2D eigenvalue weighted by Crippen LogP contribution is -2.44. The van der Waals surface area contributed by atoms with E-state index in [-0.39, 0.29) is 0 Å². The van der Waals surface area contributed by atoms with E-state index in [1.165, 1.54) is 7.05 Å². The Morgan fingerprint density at radius 1 is 1.05 bits per heavy atom. The fourth-order valence-corrected chi connectivity index (χ4v) is 2.50. The highest BCUT2D eigenvalue weighted by atomic mass is 19.2. The van der Waals surface area contributed by atoms with Gasteiger partial charge in [-0.2, -0.15) is 22.5 Å². The van der Waals surface area contributed by atoms with Crippen LogP contribution in [0.3, 0.4) is 0 Å². The van der Waals surface area contributed by atoms with Gasteiger partial charge in [0.25, 0.3) is 11.9 Å². The third-order valence-corrected chi connectivity index (χ3v) is 3.52. The van der Waals surface area contributed by atoms with Crippen molar-refractivity contribution in [2.75, 3.05) is 11.9 Å². The summed E-state index contributed by atoms with van der Waals surface area (Å²) >= 11 is 0. The minimum absolute atomic E-state index is 0.494. The molecule has 2 atom stereocenters. The van der Waals surface area contributed by atoms with Gasteiger partial charge < -0.3 is 10.0 Å². The van der Waals surface area contributed by atoms with Crippen molar-refractivity contribution < 1.29 is 22.7 Å². The Hall–Kier alpha value is -1.37. The van der Waals surface area contributed by atoms with Gasteiger partial charge >= 0.3 is 0 Å². The number of nitrogens with zero attached hydrogens (tertiary/aromatic N) is 2. The summed E-state index contributed by atoms with van der Waals surface area (Å²) in [7, 11) is 1.31. The minimum atomic E-state index is -1.69. The first kappa shape index (κ1) is 14.0. The van der Waals surface area contributed by atoms with Crippen molar-refractivity contribution in [1.29, 1.82) is 0 Å². The molecule has 0 bridgehead atoms. The van der Waals surface area contributed by atoms with Gasteiger partial charge in [-0.1, -0.05) is 12.8 Å². The number of hydrogen-bond acceptors (Lipinski definition) is 3. The summed E-state index contributed by atoms with van der Waals surface area (Å²) in [6, 6.07) is -0.570. The molecule has 7 heteroatoms. The Morgan fingerprint density at radius 3 is 2.11 bits per heavy atom. The van der Waals surface area contributed by atoms with Crippen molar-refractivity contribution in [3.63, 3.8) is 0 Å². The van der Waals surface area contributed by atoms with Gasteiger partial charge in [0, 0.05) is 7.05 Å². The van der Waals surface area contributed by atoms with Crippen LogP contribution < -0.4 is 4.90 Å². The van der Waals surface area contributed by atoms with E-state index in [2.05, 4.69) is 4.98 Å². The summed E-state index contributed by atoms with van der Waals surface area (Å²) in [5, 5.41) is 9.83. The fraction of sp³-hybridized carbons (Fsp3) is 0.583. The molecule has 1 fully saturated rings. The molecule has 0 radical (unpaired) electrons. The molecule has 0 spiro atoms. The molecule has 2 rings (SSSR count). The van der Waals surface area contributed by atoms with E-state index >= 15 is 0 Å². The van der Waals surface area contributed by atoms with Crippen LogP contribution in [-0.2, 0) is 0 Å². The maximum Gasteiger partial charge on any atom is 0.253 e. The van der Waals surface area contributed by atoms with Crippen molar-refractivity contribution in [2.24, 2.45) is 0 Å². The van der Waals surface area contributed by atoms with Crippen molar-refractivity contribution in [3.05, 3.63) is 23.5 Å². The number of rotatable bonds is 2. The maximum absolute atomic E-state index is 13.6. The van der Waals surface area contributed by atoms with Gasteiger partial charge in [-0.15, -0.1) is 0 Å². The number of aromatic nitrogens is 1. The Bertz CT molecular complexity index is 457. The van der Waals surface area contributed by atoms with E-state index in [1.807, 2.05) is 0 Å². The first-order valence-electron chi connectivity index (χ1n) is 6.04. The zero-order valence-corrected chi connectivity index (χ0v) is 10.3. The number of halogens is 4. The van der Waals surface area contributed by atoms with Crippen LogP contribution in [0.5, 0.6) is 0 Å². The summed E-state index contributed by atoms with van der Waals surface area (Å²) in [5.74, 6) is -6.46. The molecule has 1 aliphatic carbocycles. The van der Waals surface area contributed by atoms with Gasteiger partial charge in [0.15, 0.2) is 0 Å². The van der Waals surface area contributed by atoms with Gasteiger partial charge in [0.1, 0.15) is 5.69 Å². The lowest BCUT2D eigenvalue weighted by molar-refractivity contribution is 0.105. The molecule has 0 aromatic carbocycles. The van der Waals surface area contributed by atoms with Crippen LogP contribution in [0.15, 0.2) is 0 Å². The van der Waals surface area contributed by atoms with Crippen molar-refractivity contribution in [2.45, 2.75) is 37.8 Å². The Labute approximate surface area is 107 Å². The van der Waals surface area contributed by atoms with Crippen LogP contribution in [0.2, 0.25) is 0 Å². The molecule has 1 aliphatic rings. The number of hydrogen-bond donors (Lipinski definition) is 1. The molecule has 1 aromatic rings. The number of likely N-dealkylation sites (N-methyl/N-ethyl adjacent to an activating group) is 1. The highest BCUT2D eigenvalue weighted by molar-refractivity contribution is 5.49. The van der Waals surface area contributed by atoms with Gasteiger partial charge in [-0.25, -0.2) is 0 Å². The zero-order valence-electron chi connectivity index (χ0n) is 10.3. The number of pyridine rings is 1. The number of aliphatic hydroxyl groups is 1. The normalized spacial score (nSPS) is 23.5. The Morgan fingerprint density at radius 2 is 1.58 bits per heavy atom. The molecule has 1 N–H and O–H groups in total. The van der Waals surface area contributed by atoms with Crippen LogP contribution in [0.1, 0.15) is 25.7 Å². The van der Waals surface area contributed by atoms with E-state index in [0.29, 0.717) is 12.8 Å². The first-order chi connectivity index (χ1) is 8.93. The summed E-state index contributed by atoms with van der Waals surface area (Å²) in [5.41, 5.74) is -0.823. The maximum atomic E-state index is 13.6. The second kappa shape index (κ2) is 5.32. The van der Waals surface area contributed by atoms with E-state index in [1.54, 1.807) is 0 Å². The van der Waals surface area contributed by atoms with Gasteiger partial charge in [0.05, 0.1) is 12.1 Å². The van der Waals surface area contributed by atoms with Crippen LogP contribution in [0, 0.1) is 23.5 Å². The standard InChI is InChI=1S/C12H14F4N2O/c1-18(6-4-2-3-5-7(6)19)10-8(13)11(15)17-12(16)9(10)14/h6-7,19H,2-5H2,1H3. The predicted molar refractivity (Wildman–Crippen MR) is 60.7 cm³/mol. The molecule has 1 saturated carbocycles. The van der Waals surface area contributed by atoms with Crippen molar-refractivity contribution >= 4 is 5.69 Å². The molecule has 2 unspecified atom stereocenters. The lowest BCUT2D eigenvalue weighted by atomic mass is 9.91. The predicted octanol–water partition coefficient (Wildman–Crippen LogP) is 2.38. The number of anilines is 1. The third-order valence-electron chi connectivity index (χ3n) is 3.52. The van der Waals surface area contributed by atoms with Gasteiger partial charge in [-0.05, 0) is 12.8 Å². The smallest absolute Gasteiger partial charge is 0.253 e. The van der Waals surface area contributed by atoms with Crippen LogP contribution in [-0.4, -0.2) is 29.3 Å². The largest absolute Gasteiger partial charge is 0.391 e. The monoisotopic (exact) mass is 278 g/mol. The number of aliphatic hydroxyl groups excluding tert-OH is 1. The molecular formula is C12H14F4N2O. The highest BCUT2D eigenvalue weighted by Crippen LogP contribution is 2.31. The minimum Gasteiger partial charge on any atom is -0.391 e. The van der Waals surface area contributed by atoms with E-state index in [0.717, 1.165) is 17.7 Å². The highest BCUT2D eigenvalue weighted by Gasteiger charge is 2.32. The molecule has 0 amide bonds. The van der Waals surface area contributed by atoms with Crippen molar-refractivity contribution in [1.82, 2.24) is 4.98 Å². The molecule has 3 nitrogen and oxygen atoms in total. The molecule has 19 heavy (non-hydrogen) atoms. The summed E-state index contributed by atoms with van der Waals surface area (Å²) < 4.78 is 53.3. The summed E-state index contributed by atoms with van der Waals surface area (Å²) in [6.07, 6.45) is 1.81. The van der Waals surface area contributed by atoms with Crippen LogP contribution in [0.25, 0.3) is 0 Å². The molecule has 1 heterocycles. The average Bonchev–Trinajstić information content (AvgIpc) is 2.37. The third kappa shape index (κ3) is 2.51. The Kier molecular flexibility index (Phi) is 3.93. The van der Waals surface area contributed by atoms with E-state index in [9.17, 15) is 22.7 Å². The van der Waals surface area contributed by atoms with Crippen LogP contribution in [0.4, 0.5) is 23.2 Å². The first-order valence-corrected chi connectivity index (χ1v) is 6.04. The van der Waals surface area contributed by atoms with E-state index < -0.39 is 41.4 Å². The molecule has 106 valence electrons. The summed E-state index contributed by atoms with van der Waals surface area (Å²) in [6.45, 7) is 0. The summed E-state index contributed by atoms with van der Waals surface area (Å²) in [4.78, 5) is 3.57. The van der Waals surface area contributed by atoms with Crippen molar-refractivity contribution in [3.8, 4) is 0 Å². The SMILES string of the molecule is CN(c1c(F)c(F)nc(F)c1F)C1CCCCC1O. The Balaban J connectivity index is 2.40. The molecule has 1 aromatic heterocycles. The topological polar surface area (TPSA) is 36.4 Å². The molecule has 0 aliphatic heterocycles. The van der Waals surface area contributed by atoms with Crippen LogP contribution >= 0.6 is 0 Å². The average molecular weight is 278 g/mol. The second-order valence-corrected chi connectivity index (χ2v) is 4.70. The van der Waals surface area contributed by atoms with Gasteiger partial charge in [0.2, 0.25) is 11.6 Å².